The maximum atomic E-state index is 12.0. The lowest BCUT2D eigenvalue weighted by Gasteiger charge is -2.24. The smallest absolute Gasteiger partial charge is 0.349 e. The number of aliphatic carboxylic acids is 2. The largest absolute Gasteiger partial charge is 0.546 e. The molecular weight excluding hydrogens is 685 g/mol. The van der Waals surface area contributed by atoms with Gasteiger partial charge in [0.05, 0.1) is 36.2 Å². The number of carboxylic acids is 2. The highest BCUT2D eigenvalue weighted by Gasteiger charge is 2.36. The van der Waals surface area contributed by atoms with Gasteiger partial charge in [0.25, 0.3) is 0 Å². The third-order valence-corrected chi connectivity index (χ3v) is 9.27. The Hall–Kier alpha value is -3.41. The highest BCUT2D eigenvalue weighted by molar-refractivity contribution is 7.95. The lowest BCUT2D eigenvalue weighted by molar-refractivity contribution is -0.317. The van der Waals surface area contributed by atoms with E-state index in [2.05, 4.69) is 19.4 Å². The van der Waals surface area contributed by atoms with Crippen molar-refractivity contribution in [1.82, 2.24) is 0 Å². The number of hydrogen-bond donors (Lipinski definition) is 2. The highest BCUT2D eigenvalue weighted by Crippen LogP contribution is 2.15. The van der Waals surface area contributed by atoms with E-state index < -0.39 is 36.1 Å². The molecule has 0 amide bonds. The van der Waals surface area contributed by atoms with Crippen LogP contribution in [0.3, 0.4) is 0 Å². The molecule has 0 saturated heterocycles. The van der Waals surface area contributed by atoms with Gasteiger partial charge in [-0.1, -0.05) is 140 Å². The molecule has 0 aliphatic rings. The van der Waals surface area contributed by atoms with E-state index in [0.717, 1.165) is 18.8 Å². The Labute approximate surface area is 314 Å². The fourth-order valence-corrected chi connectivity index (χ4v) is 6.26. The quantitative estimate of drug-likeness (QED) is 0.0540. The van der Waals surface area contributed by atoms with Crippen LogP contribution in [0, 0.1) is 0 Å². The van der Waals surface area contributed by atoms with E-state index in [-0.39, 0.29) is 17.2 Å². The summed E-state index contributed by atoms with van der Waals surface area (Å²) in [7, 11) is 0.305. The standard InChI is InChI=1S/C23H49O2S.C18H14O8/c1-4-5-6-7-8-9-10-11-12-13-14-15-16-17-18-19-20-25-21-23(24)22-26(2)3;19-15(20)13(25-17(23)11-7-3-1-4-8-11)14(16(21)22)26-18(24)12-9-5-2-6-10-12/h23-24H,4-22H2,1-3H3;1-10,13-14H,(H,19,20)(H,21,22)/q+1;/p-1. The van der Waals surface area contributed by atoms with Crippen LogP contribution in [0.15, 0.2) is 60.7 Å². The van der Waals surface area contributed by atoms with E-state index in [9.17, 15) is 34.5 Å². The van der Waals surface area contributed by atoms with Gasteiger partial charge in [-0.15, -0.1) is 0 Å². The van der Waals surface area contributed by atoms with Gasteiger partial charge in [0.1, 0.15) is 11.9 Å². The summed E-state index contributed by atoms with van der Waals surface area (Å²) in [6.07, 6.45) is 21.8. The maximum absolute atomic E-state index is 12.0. The lowest BCUT2D eigenvalue weighted by Crippen LogP contribution is -2.51. The second-order valence-electron chi connectivity index (χ2n) is 13.2. The first kappa shape index (κ1) is 46.6. The van der Waals surface area contributed by atoms with E-state index in [1.54, 1.807) is 12.1 Å². The number of carboxylic acid groups (broad SMARTS) is 2. The molecule has 2 N–H and O–H groups in total. The molecular formula is C41H62O10S. The van der Waals surface area contributed by atoms with E-state index in [1.165, 1.54) is 145 Å². The molecule has 0 radical (unpaired) electrons. The van der Waals surface area contributed by atoms with Crippen LogP contribution in [0.5, 0.6) is 0 Å². The Bertz CT molecular complexity index is 1160. The predicted octanol–water partition coefficient (Wildman–Crippen LogP) is 6.78. The third kappa shape index (κ3) is 23.2. The van der Waals surface area contributed by atoms with Crippen molar-refractivity contribution >= 4 is 34.8 Å². The second kappa shape index (κ2) is 30.1. The van der Waals surface area contributed by atoms with Crippen LogP contribution in [0.25, 0.3) is 0 Å². The molecule has 2 rings (SSSR count). The zero-order valence-electron chi connectivity index (χ0n) is 31.5. The zero-order chi connectivity index (χ0) is 38.4. The van der Waals surface area contributed by atoms with Crippen molar-refractivity contribution in [3.05, 3.63) is 71.8 Å². The van der Waals surface area contributed by atoms with E-state index in [0.29, 0.717) is 17.5 Å². The number of unbranched alkanes of at least 4 members (excludes halogenated alkanes) is 15. The first-order valence-corrected chi connectivity index (χ1v) is 21.0. The van der Waals surface area contributed by atoms with Crippen molar-refractivity contribution in [3.8, 4) is 0 Å². The van der Waals surface area contributed by atoms with Crippen LogP contribution >= 0.6 is 0 Å². The van der Waals surface area contributed by atoms with Crippen LogP contribution in [-0.2, 0) is 34.7 Å². The Morgan fingerprint density at radius 1 is 0.635 bits per heavy atom. The summed E-state index contributed by atoms with van der Waals surface area (Å²) in [4.78, 5) is 46.7. The van der Waals surface area contributed by atoms with Crippen LogP contribution in [0.1, 0.15) is 130 Å². The summed E-state index contributed by atoms with van der Waals surface area (Å²) in [6, 6.07) is 14.7. The molecule has 11 heteroatoms. The average Bonchev–Trinajstić information content (AvgIpc) is 3.12. The molecule has 0 aliphatic heterocycles. The number of carbonyl (C=O) groups excluding carboxylic acids is 3. The van der Waals surface area contributed by atoms with Gasteiger partial charge < -0.3 is 34.3 Å². The molecule has 0 fully saturated rings. The minimum Gasteiger partial charge on any atom is -0.546 e. The van der Waals surface area contributed by atoms with Crippen LogP contribution < -0.4 is 5.11 Å². The van der Waals surface area contributed by atoms with Crippen molar-refractivity contribution in [2.24, 2.45) is 0 Å². The summed E-state index contributed by atoms with van der Waals surface area (Å²) in [5.41, 5.74) is 0.00232. The number of benzene rings is 2. The summed E-state index contributed by atoms with van der Waals surface area (Å²) >= 11 is 0. The third-order valence-electron chi connectivity index (χ3n) is 8.22. The van der Waals surface area contributed by atoms with E-state index in [1.807, 2.05) is 0 Å². The first-order chi connectivity index (χ1) is 25.1. The fraction of sp³-hybridized carbons (Fsp3) is 0.610. The monoisotopic (exact) mass is 746 g/mol. The van der Waals surface area contributed by atoms with Crippen molar-refractivity contribution < 1.29 is 48.7 Å². The summed E-state index contributed by atoms with van der Waals surface area (Å²) in [5.74, 6) is -5.12. The number of rotatable bonds is 28. The van der Waals surface area contributed by atoms with Gasteiger partial charge in [0.15, 0.2) is 6.10 Å². The SMILES string of the molecule is CCCCCCCCCCCCCCCCCCOCC(O)C[S+](C)C.O=C(OC(C(=O)[O-])C(OC(=O)c1ccccc1)C(=O)O)c1ccccc1. The van der Waals surface area contributed by atoms with Gasteiger partial charge in [-0.2, -0.15) is 0 Å². The molecule has 0 aliphatic carbocycles. The normalized spacial score (nSPS) is 12.6. The molecule has 0 spiro atoms. The van der Waals surface area contributed by atoms with E-state index >= 15 is 0 Å². The Morgan fingerprint density at radius 3 is 1.38 bits per heavy atom. The Morgan fingerprint density at radius 2 is 1.02 bits per heavy atom. The molecule has 3 unspecified atom stereocenters. The Balaban J connectivity index is 0.000000520. The molecule has 0 saturated carbocycles. The lowest BCUT2D eigenvalue weighted by atomic mass is 10.0. The van der Waals surface area contributed by atoms with Crippen molar-refractivity contribution in [3.63, 3.8) is 0 Å². The van der Waals surface area contributed by atoms with Crippen LogP contribution in [0.2, 0.25) is 0 Å². The topological polar surface area (TPSA) is 159 Å². The van der Waals surface area contributed by atoms with Gasteiger partial charge >= 0.3 is 17.9 Å². The maximum Gasteiger partial charge on any atom is 0.349 e. The molecule has 0 aromatic heterocycles. The van der Waals surface area contributed by atoms with Crippen LogP contribution in [0.4, 0.5) is 0 Å². The van der Waals surface area contributed by atoms with Gasteiger partial charge in [-0.3, -0.25) is 0 Å². The number of ether oxygens (including phenoxy) is 3. The number of carbonyl (C=O) groups is 4. The Kier molecular flexibility index (Phi) is 27.0. The van der Waals surface area contributed by atoms with Gasteiger partial charge in [-0.05, 0) is 41.6 Å². The summed E-state index contributed by atoms with van der Waals surface area (Å²) < 4.78 is 15.0. The molecule has 2 aromatic rings. The predicted molar refractivity (Wildman–Crippen MR) is 204 cm³/mol. The second-order valence-corrected chi connectivity index (χ2v) is 15.5. The zero-order valence-corrected chi connectivity index (χ0v) is 32.3. The number of aliphatic hydroxyl groups is 1. The molecule has 3 atom stereocenters. The van der Waals surface area contributed by atoms with Gasteiger partial charge in [0, 0.05) is 6.61 Å². The van der Waals surface area contributed by atoms with E-state index in [4.69, 9.17) is 14.2 Å². The molecule has 0 bridgehead atoms. The number of esters is 2. The first-order valence-electron chi connectivity index (χ1n) is 18.8. The molecule has 10 nitrogen and oxygen atoms in total. The highest BCUT2D eigenvalue weighted by atomic mass is 32.2. The number of hydrogen-bond acceptors (Lipinski definition) is 9. The van der Waals surface area contributed by atoms with Crippen molar-refractivity contribution in [1.29, 1.82) is 0 Å². The fourth-order valence-electron chi connectivity index (χ4n) is 5.39. The summed E-state index contributed by atoms with van der Waals surface area (Å²) in [6.45, 7) is 3.62. The van der Waals surface area contributed by atoms with Crippen LogP contribution in [-0.4, -0.2) is 83.9 Å². The minimum atomic E-state index is -2.33. The van der Waals surface area contributed by atoms with Crippen molar-refractivity contribution in [2.75, 3.05) is 31.5 Å². The molecule has 292 valence electrons. The summed E-state index contributed by atoms with van der Waals surface area (Å²) in [5, 5.41) is 30.2. The molecule has 0 heterocycles. The average molecular weight is 747 g/mol. The van der Waals surface area contributed by atoms with Gasteiger partial charge in [-0.25, -0.2) is 14.4 Å². The number of aliphatic hydroxyl groups excluding tert-OH is 1. The van der Waals surface area contributed by atoms with Crippen molar-refractivity contribution in [2.45, 2.75) is 128 Å². The van der Waals surface area contributed by atoms with Gasteiger partial charge in [0.2, 0.25) is 6.10 Å². The molecule has 52 heavy (non-hydrogen) atoms. The minimum absolute atomic E-state index is 0.00252. The molecule has 2 aromatic carbocycles.